The van der Waals surface area contributed by atoms with Crippen LogP contribution in [0.1, 0.15) is 38.1 Å². The van der Waals surface area contributed by atoms with Gasteiger partial charge in [-0.15, -0.1) is 10.2 Å². The Balaban J connectivity index is 2.12. The molecule has 1 aliphatic rings. The lowest BCUT2D eigenvalue weighted by Gasteiger charge is -2.16. The van der Waals surface area contributed by atoms with Crippen LogP contribution in [-0.2, 0) is 4.79 Å². The number of rotatable bonds is 3. The molecule has 1 aromatic heterocycles. The van der Waals surface area contributed by atoms with Gasteiger partial charge in [0.25, 0.3) is 0 Å². The lowest BCUT2D eigenvalue weighted by Crippen LogP contribution is -2.26. The highest BCUT2D eigenvalue weighted by atomic mass is 16.2. The van der Waals surface area contributed by atoms with Crippen LogP contribution in [0.15, 0.2) is 19.0 Å². The van der Waals surface area contributed by atoms with Crippen molar-refractivity contribution >= 4 is 5.91 Å². The molecule has 5 heteroatoms. The van der Waals surface area contributed by atoms with Crippen LogP contribution in [0.4, 0.5) is 0 Å². The minimum absolute atomic E-state index is 0.00288. The van der Waals surface area contributed by atoms with Crippen molar-refractivity contribution in [3.8, 4) is 0 Å². The molecular weight excluding hydrogens is 216 g/mol. The number of aromatic nitrogens is 3. The largest absolute Gasteiger partial charge is 0.338 e. The summed E-state index contributed by atoms with van der Waals surface area (Å²) in [4.78, 5) is 13.3. The quantitative estimate of drug-likeness (QED) is 0.742. The van der Waals surface area contributed by atoms with E-state index in [-0.39, 0.29) is 5.91 Å². The van der Waals surface area contributed by atoms with Gasteiger partial charge < -0.3 is 9.47 Å². The van der Waals surface area contributed by atoms with Crippen LogP contribution in [0, 0.1) is 0 Å². The molecule has 1 unspecified atom stereocenters. The van der Waals surface area contributed by atoms with Gasteiger partial charge in [0.15, 0.2) is 0 Å². The first-order chi connectivity index (χ1) is 8.13. The van der Waals surface area contributed by atoms with Gasteiger partial charge in [-0.05, 0) is 26.3 Å². The molecule has 0 aromatic carbocycles. The fraction of sp³-hybridized carbons (Fsp3) is 0.583. The highest BCUT2D eigenvalue weighted by molar-refractivity contribution is 5.87. The third-order valence-corrected chi connectivity index (χ3v) is 3.20. The van der Waals surface area contributed by atoms with Crippen molar-refractivity contribution in [2.24, 2.45) is 0 Å². The fourth-order valence-corrected chi connectivity index (χ4v) is 2.24. The average molecular weight is 234 g/mol. The van der Waals surface area contributed by atoms with E-state index in [0.717, 1.165) is 25.3 Å². The monoisotopic (exact) mass is 234 g/mol. The van der Waals surface area contributed by atoms with Crippen molar-refractivity contribution in [3.05, 3.63) is 24.8 Å². The van der Waals surface area contributed by atoms with Crippen LogP contribution >= 0.6 is 0 Å². The van der Waals surface area contributed by atoms with E-state index in [1.54, 1.807) is 6.33 Å². The summed E-state index contributed by atoms with van der Waals surface area (Å²) < 4.78 is 2.08. The van der Waals surface area contributed by atoms with Crippen molar-refractivity contribution in [2.45, 2.75) is 32.2 Å². The normalized spacial score (nSPS) is 19.9. The molecule has 2 rings (SSSR count). The Morgan fingerprint density at radius 1 is 1.65 bits per heavy atom. The van der Waals surface area contributed by atoms with Crippen LogP contribution in [0.25, 0.3) is 0 Å². The lowest BCUT2D eigenvalue weighted by atomic mass is 10.1. The molecule has 1 aliphatic heterocycles. The smallest absolute Gasteiger partial charge is 0.245 e. The molecule has 0 bridgehead atoms. The molecule has 0 aliphatic carbocycles. The molecule has 1 saturated heterocycles. The molecule has 0 N–H and O–H groups in total. The van der Waals surface area contributed by atoms with Crippen molar-refractivity contribution in [1.29, 1.82) is 0 Å². The summed E-state index contributed by atoms with van der Waals surface area (Å²) in [5.41, 5.74) is 0. The summed E-state index contributed by atoms with van der Waals surface area (Å²) >= 11 is 0. The van der Waals surface area contributed by atoms with Crippen molar-refractivity contribution < 1.29 is 4.79 Å². The Hall–Kier alpha value is -1.65. The summed E-state index contributed by atoms with van der Waals surface area (Å²) in [6, 6.07) is 0.351. The van der Waals surface area contributed by atoms with Crippen LogP contribution in [0.3, 0.4) is 0 Å². The maximum atomic E-state index is 11.5. The second-order valence-corrected chi connectivity index (χ2v) is 4.66. The SMILES string of the molecule is C=CC(=O)N1CCC(c2nncn2C(C)C)C1. The number of likely N-dealkylation sites (tertiary alicyclic amines) is 1. The summed E-state index contributed by atoms with van der Waals surface area (Å²) in [7, 11) is 0. The van der Waals surface area contributed by atoms with Gasteiger partial charge >= 0.3 is 0 Å². The van der Waals surface area contributed by atoms with Gasteiger partial charge in [0.1, 0.15) is 12.2 Å². The van der Waals surface area contributed by atoms with Gasteiger partial charge in [-0.25, -0.2) is 0 Å². The second-order valence-electron chi connectivity index (χ2n) is 4.66. The Kier molecular flexibility index (Phi) is 3.26. The topological polar surface area (TPSA) is 51.0 Å². The van der Waals surface area contributed by atoms with Gasteiger partial charge in [0.2, 0.25) is 5.91 Å². The van der Waals surface area contributed by atoms with Gasteiger partial charge in [0, 0.05) is 25.0 Å². The first-order valence-electron chi connectivity index (χ1n) is 5.94. The molecule has 1 amide bonds. The molecule has 0 spiro atoms. The fourth-order valence-electron chi connectivity index (χ4n) is 2.24. The maximum absolute atomic E-state index is 11.5. The predicted octanol–water partition coefficient (Wildman–Crippen LogP) is 1.36. The number of carbonyl (C=O) groups excluding carboxylic acids is 1. The lowest BCUT2D eigenvalue weighted by molar-refractivity contribution is -0.125. The Labute approximate surface area is 101 Å². The second kappa shape index (κ2) is 4.69. The van der Waals surface area contributed by atoms with Gasteiger partial charge in [-0.2, -0.15) is 0 Å². The van der Waals surface area contributed by atoms with E-state index in [4.69, 9.17) is 0 Å². The standard InChI is InChI=1S/C12H18N4O/c1-4-11(17)15-6-5-10(7-15)12-14-13-8-16(12)9(2)3/h4,8-10H,1,5-7H2,2-3H3. The summed E-state index contributed by atoms with van der Waals surface area (Å²) in [5, 5.41) is 8.16. The van der Waals surface area contributed by atoms with E-state index in [2.05, 4.69) is 35.2 Å². The molecular formula is C12H18N4O. The van der Waals surface area contributed by atoms with Gasteiger partial charge in [-0.3, -0.25) is 4.79 Å². The maximum Gasteiger partial charge on any atom is 0.245 e. The number of amides is 1. The highest BCUT2D eigenvalue weighted by Crippen LogP contribution is 2.27. The molecule has 5 nitrogen and oxygen atoms in total. The van der Waals surface area contributed by atoms with E-state index >= 15 is 0 Å². The van der Waals surface area contributed by atoms with Gasteiger partial charge in [0.05, 0.1) is 0 Å². The van der Waals surface area contributed by atoms with E-state index in [0.29, 0.717) is 12.0 Å². The zero-order chi connectivity index (χ0) is 12.4. The molecule has 2 heterocycles. The Morgan fingerprint density at radius 3 is 3.06 bits per heavy atom. The van der Waals surface area contributed by atoms with Crippen LogP contribution in [0.5, 0.6) is 0 Å². The number of nitrogens with zero attached hydrogens (tertiary/aromatic N) is 4. The third-order valence-electron chi connectivity index (χ3n) is 3.20. The van der Waals surface area contributed by atoms with Crippen molar-refractivity contribution in [2.75, 3.05) is 13.1 Å². The minimum Gasteiger partial charge on any atom is -0.338 e. The van der Waals surface area contributed by atoms with Gasteiger partial charge in [-0.1, -0.05) is 6.58 Å². The molecule has 1 aromatic rings. The zero-order valence-corrected chi connectivity index (χ0v) is 10.3. The molecule has 0 radical (unpaired) electrons. The Morgan fingerprint density at radius 2 is 2.41 bits per heavy atom. The van der Waals surface area contributed by atoms with Crippen LogP contribution in [0.2, 0.25) is 0 Å². The van der Waals surface area contributed by atoms with Crippen LogP contribution < -0.4 is 0 Å². The summed E-state index contributed by atoms with van der Waals surface area (Å²) in [5.74, 6) is 1.28. The zero-order valence-electron chi connectivity index (χ0n) is 10.3. The molecule has 17 heavy (non-hydrogen) atoms. The molecule has 1 atom stereocenters. The molecule has 0 saturated carbocycles. The minimum atomic E-state index is 0.00288. The van der Waals surface area contributed by atoms with E-state index in [1.807, 2.05) is 4.90 Å². The van der Waals surface area contributed by atoms with E-state index in [1.165, 1.54) is 6.08 Å². The van der Waals surface area contributed by atoms with Crippen molar-refractivity contribution in [1.82, 2.24) is 19.7 Å². The number of carbonyl (C=O) groups is 1. The first kappa shape index (κ1) is 11.8. The third kappa shape index (κ3) is 2.23. The first-order valence-corrected chi connectivity index (χ1v) is 5.94. The van der Waals surface area contributed by atoms with Crippen LogP contribution in [-0.4, -0.2) is 38.7 Å². The van der Waals surface area contributed by atoms with E-state index in [9.17, 15) is 4.79 Å². The predicted molar refractivity (Wildman–Crippen MR) is 64.5 cm³/mol. The summed E-state index contributed by atoms with van der Waals surface area (Å²) in [6.45, 7) is 9.22. The van der Waals surface area contributed by atoms with Crippen molar-refractivity contribution in [3.63, 3.8) is 0 Å². The van der Waals surface area contributed by atoms with E-state index < -0.39 is 0 Å². The number of hydrogen-bond donors (Lipinski definition) is 0. The molecule has 92 valence electrons. The number of hydrogen-bond acceptors (Lipinski definition) is 3. The highest BCUT2D eigenvalue weighted by Gasteiger charge is 2.29. The summed E-state index contributed by atoms with van der Waals surface area (Å²) in [6.07, 6.45) is 4.08. The average Bonchev–Trinajstić information content (AvgIpc) is 2.95. The Bertz CT molecular complexity index is 424. The molecule has 1 fully saturated rings.